The number of quaternary nitrogens is 1. The normalized spacial score (nSPS) is 14.1. The Labute approximate surface area is 404 Å². The van der Waals surface area contributed by atoms with Gasteiger partial charge in [0.1, 0.15) is 13.2 Å². The van der Waals surface area contributed by atoms with Gasteiger partial charge < -0.3 is 28.8 Å². The molecule has 2 N–H and O–H groups in total. The zero-order chi connectivity index (χ0) is 47.8. The van der Waals surface area contributed by atoms with Crippen molar-refractivity contribution >= 4 is 13.7 Å². The molecule has 0 radical (unpaired) electrons. The van der Waals surface area contributed by atoms with Crippen molar-refractivity contribution in [2.75, 3.05) is 40.9 Å². The number of carbonyl (C=O) groups excluding carboxylic acids is 1. The summed E-state index contributed by atoms with van der Waals surface area (Å²) < 4.78 is 23.2. The van der Waals surface area contributed by atoms with Crippen LogP contribution < -0.4 is 10.2 Å². The van der Waals surface area contributed by atoms with Crippen LogP contribution in [-0.4, -0.2) is 68.5 Å². The van der Waals surface area contributed by atoms with Crippen molar-refractivity contribution in [1.82, 2.24) is 5.32 Å². The number of aliphatic hydroxyl groups is 1. The molecule has 0 heterocycles. The SMILES string of the molecule is CCCCCC/C=C/CC/C=C/C(O)C(COP(=O)([O-])OCC[N+](C)(C)C)NC(=O)CCCCCCCCCCCCCCCCCCCCCCCCCCCCCCCCCCC. The molecule has 3 atom stereocenters. The summed E-state index contributed by atoms with van der Waals surface area (Å²) in [5.41, 5.74) is 0. The minimum absolute atomic E-state index is 0.00436. The molecule has 9 heteroatoms. The maximum Gasteiger partial charge on any atom is 0.268 e. The zero-order valence-electron chi connectivity index (χ0n) is 44.0. The van der Waals surface area contributed by atoms with E-state index in [0.717, 1.165) is 38.5 Å². The van der Waals surface area contributed by atoms with E-state index < -0.39 is 20.0 Å². The highest BCUT2D eigenvalue weighted by Crippen LogP contribution is 2.38. The zero-order valence-corrected chi connectivity index (χ0v) is 44.9. The number of unbranched alkanes of at least 4 members (excludes halogenated alkanes) is 37. The standard InChI is InChI=1S/C56H111N2O6P/c1-6-8-10-12-14-16-18-19-20-21-22-23-24-25-26-27-28-29-30-31-32-33-34-35-36-37-38-39-40-42-44-46-48-50-56(60)57-54(53-64-65(61,62)63-52-51-58(3,4)5)55(59)49-47-45-43-41-17-15-13-11-9-7-2/h17,41,47,49,54-55,59H,6-16,18-40,42-46,48,50-53H2,1-5H3,(H-,57,60,61,62)/b41-17+,49-47+. The molecule has 0 aromatic carbocycles. The van der Waals surface area contributed by atoms with Gasteiger partial charge in [0.15, 0.2) is 0 Å². The quantitative estimate of drug-likeness (QED) is 0.0272. The molecular weight excluding hydrogens is 828 g/mol. The van der Waals surface area contributed by atoms with Gasteiger partial charge in [-0.25, -0.2) is 0 Å². The number of hydrogen-bond acceptors (Lipinski definition) is 6. The molecule has 0 spiro atoms. The largest absolute Gasteiger partial charge is 0.756 e. The highest BCUT2D eigenvalue weighted by molar-refractivity contribution is 7.45. The summed E-state index contributed by atoms with van der Waals surface area (Å²) in [6.07, 6.45) is 60.1. The van der Waals surface area contributed by atoms with Crippen LogP contribution in [0.25, 0.3) is 0 Å². The average molecular weight is 939 g/mol. The monoisotopic (exact) mass is 939 g/mol. The first-order valence-electron chi connectivity index (χ1n) is 28.2. The van der Waals surface area contributed by atoms with Crippen molar-refractivity contribution in [3.05, 3.63) is 24.3 Å². The Morgan fingerprint density at radius 2 is 0.862 bits per heavy atom. The number of hydrogen-bond donors (Lipinski definition) is 2. The number of phosphoric ester groups is 1. The first-order valence-corrected chi connectivity index (χ1v) is 29.7. The molecule has 386 valence electrons. The predicted octanol–water partition coefficient (Wildman–Crippen LogP) is 16.2. The van der Waals surface area contributed by atoms with Gasteiger partial charge in [-0.1, -0.05) is 263 Å². The summed E-state index contributed by atoms with van der Waals surface area (Å²) in [7, 11) is 1.25. The van der Waals surface area contributed by atoms with E-state index in [2.05, 4.69) is 31.3 Å². The number of phosphoric acid groups is 1. The molecule has 65 heavy (non-hydrogen) atoms. The lowest BCUT2D eigenvalue weighted by Gasteiger charge is -2.29. The number of rotatable bonds is 52. The van der Waals surface area contributed by atoms with Crippen LogP contribution in [0.5, 0.6) is 0 Å². The minimum atomic E-state index is -4.59. The number of allylic oxidation sites excluding steroid dienone is 3. The second kappa shape index (κ2) is 48.0. The van der Waals surface area contributed by atoms with E-state index >= 15 is 0 Å². The van der Waals surface area contributed by atoms with E-state index in [9.17, 15) is 19.4 Å². The maximum atomic E-state index is 12.9. The van der Waals surface area contributed by atoms with Crippen LogP contribution in [0.3, 0.4) is 0 Å². The second-order valence-electron chi connectivity index (χ2n) is 20.6. The Hall–Kier alpha value is -1.02. The third-order valence-corrected chi connectivity index (χ3v) is 13.9. The Bertz CT molecular complexity index is 1110. The molecule has 0 aromatic heterocycles. The lowest BCUT2D eigenvalue weighted by Crippen LogP contribution is -2.45. The fraction of sp³-hybridized carbons (Fsp3) is 0.911. The van der Waals surface area contributed by atoms with E-state index in [0.29, 0.717) is 17.4 Å². The summed E-state index contributed by atoms with van der Waals surface area (Å²) in [6, 6.07) is -0.898. The number of nitrogens with zero attached hydrogens (tertiary/aromatic N) is 1. The van der Waals surface area contributed by atoms with Gasteiger partial charge in [-0.05, 0) is 32.1 Å². The molecule has 0 saturated carbocycles. The van der Waals surface area contributed by atoms with Gasteiger partial charge in [-0.2, -0.15) is 0 Å². The molecule has 0 rings (SSSR count). The number of carbonyl (C=O) groups is 1. The molecule has 8 nitrogen and oxygen atoms in total. The van der Waals surface area contributed by atoms with Gasteiger partial charge in [0.2, 0.25) is 5.91 Å². The Balaban J connectivity index is 3.90. The predicted molar refractivity (Wildman–Crippen MR) is 279 cm³/mol. The third kappa shape index (κ3) is 50.7. The van der Waals surface area contributed by atoms with Crippen molar-refractivity contribution in [3.8, 4) is 0 Å². The van der Waals surface area contributed by atoms with Crippen molar-refractivity contribution < 1.29 is 32.9 Å². The smallest absolute Gasteiger partial charge is 0.268 e. The van der Waals surface area contributed by atoms with Crippen LogP contribution in [0.2, 0.25) is 0 Å². The van der Waals surface area contributed by atoms with E-state index in [1.165, 1.54) is 218 Å². The number of amides is 1. The molecular formula is C56H111N2O6P. The van der Waals surface area contributed by atoms with Crippen LogP contribution in [0.4, 0.5) is 0 Å². The van der Waals surface area contributed by atoms with Crippen molar-refractivity contribution in [2.45, 2.75) is 289 Å². The Morgan fingerprint density at radius 1 is 0.523 bits per heavy atom. The van der Waals surface area contributed by atoms with Crippen LogP contribution in [0, 0.1) is 0 Å². The average Bonchev–Trinajstić information content (AvgIpc) is 3.26. The van der Waals surface area contributed by atoms with Gasteiger partial charge >= 0.3 is 0 Å². The Kier molecular flexibility index (Phi) is 47.3. The molecule has 0 aromatic rings. The highest BCUT2D eigenvalue weighted by atomic mass is 31.2. The number of aliphatic hydroxyl groups excluding tert-OH is 1. The van der Waals surface area contributed by atoms with E-state index in [4.69, 9.17) is 9.05 Å². The van der Waals surface area contributed by atoms with Crippen molar-refractivity contribution in [3.63, 3.8) is 0 Å². The topological polar surface area (TPSA) is 108 Å². The molecule has 0 fully saturated rings. The third-order valence-electron chi connectivity index (χ3n) is 12.9. The minimum Gasteiger partial charge on any atom is -0.756 e. The van der Waals surface area contributed by atoms with Crippen molar-refractivity contribution in [1.29, 1.82) is 0 Å². The van der Waals surface area contributed by atoms with Gasteiger partial charge in [0.05, 0.1) is 39.9 Å². The number of nitrogens with one attached hydrogen (secondary N) is 1. The fourth-order valence-electron chi connectivity index (χ4n) is 8.47. The highest BCUT2D eigenvalue weighted by Gasteiger charge is 2.23. The molecule has 0 aliphatic heterocycles. The number of likely N-dealkylation sites (N-methyl/N-ethyl adjacent to an activating group) is 1. The van der Waals surface area contributed by atoms with Gasteiger partial charge in [-0.3, -0.25) is 9.36 Å². The second-order valence-corrected chi connectivity index (χ2v) is 22.1. The molecule has 1 amide bonds. The summed E-state index contributed by atoms with van der Waals surface area (Å²) in [4.78, 5) is 25.3. The van der Waals surface area contributed by atoms with E-state index in [1.807, 2.05) is 27.2 Å². The molecule has 0 saturated heterocycles. The first-order chi connectivity index (χ1) is 31.5. The van der Waals surface area contributed by atoms with Gasteiger partial charge in [-0.15, -0.1) is 0 Å². The van der Waals surface area contributed by atoms with Crippen LogP contribution in [0.1, 0.15) is 277 Å². The molecule has 0 bridgehead atoms. The van der Waals surface area contributed by atoms with Gasteiger partial charge in [0, 0.05) is 6.42 Å². The molecule has 0 aliphatic carbocycles. The lowest BCUT2D eigenvalue weighted by atomic mass is 10.0. The summed E-state index contributed by atoms with van der Waals surface area (Å²) in [6.45, 7) is 4.61. The molecule has 3 unspecified atom stereocenters. The summed E-state index contributed by atoms with van der Waals surface area (Å²) in [5.74, 6) is -0.204. The van der Waals surface area contributed by atoms with Crippen LogP contribution in [0.15, 0.2) is 24.3 Å². The van der Waals surface area contributed by atoms with Crippen molar-refractivity contribution in [2.24, 2.45) is 0 Å². The fourth-order valence-corrected chi connectivity index (χ4v) is 9.19. The van der Waals surface area contributed by atoms with E-state index in [-0.39, 0.29) is 19.1 Å². The summed E-state index contributed by atoms with van der Waals surface area (Å²) >= 11 is 0. The maximum absolute atomic E-state index is 12.9. The Morgan fingerprint density at radius 3 is 1.25 bits per heavy atom. The van der Waals surface area contributed by atoms with Gasteiger partial charge in [0.25, 0.3) is 7.82 Å². The van der Waals surface area contributed by atoms with E-state index in [1.54, 1.807) is 6.08 Å². The molecule has 0 aliphatic rings. The first kappa shape index (κ1) is 64.0. The van der Waals surface area contributed by atoms with Crippen LogP contribution >= 0.6 is 7.82 Å². The van der Waals surface area contributed by atoms with Crippen LogP contribution in [-0.2, 0) is 18.4 Å². The lowest BCUT2D eigenvalue weighted by molar-refractivity contribution is -0.870. The summed E-state index contributed by atoms with van der Waals surface area (Å²) in [5, 5.41) is 13.8.